The summed E-state index contributed by atoms with van der Waals surface area (Å²) in [5.74, 6) is 0.262. The maximum atomic E-state index is 12.6. The molecule has 0 amide bonds. The number of aromatic nitrogens is 1. The molecular weight excluding hydrogens is 394 g/mol. The summed E-state index contributed by atoms with van der Waals surface area (Å²) < 4.78 is 0. The Labute approximate surface area is 180 Å². The van der Waals surface area contributed by atoms with E-state index in [-0.39, 0.29) is 11.7 Å². The van der Waals surface area contributed by atoms with E-state index in [2.05, 4.69) is 16.0 Å². The Morgan fingerprint density at radius 2 is 2.00 bits per heavy atom. The molecule has 30 heavy (non-hydrogen) atoms. The Kier molecular flexibility index (Phi) is 5.74. The molecule has 1 aliphatic rings. The molecule has 3 aromatic rings. The Hall–Kier alpha value is -3.29. The van der Waals surface area contributed by atoms with Crippen LogP contribution in [-0.2, 0) is 17.8 Å². The number of halogens is 1. The first kappa shape index (κ1) is 20.0. The van der Waals surface area contributed by atoms with Gasteiger partial charge in [-0.3, -0.25) is 14.8 Å². The molecule has 0 N–H and O–H groups in total. The number of aliphatic imine (C=N–C) groups is 1. The van der Waals surface area contributed by atoms with Crippen molar-refractivity contribution in [1.82, 2.24) is 4.98 Å². The van der Waals surface area contributed by atoms with Crippen LogP contribution in [0.1, 0.15) is 52.8 Å². The summed E-state index contributed by atoms with van der Waals surface area (Å²) in [5, 5.41) is 9.65. The Morgan fingerprint density at radius 3 is 2.73 bits per heavy atom. The number of Topliss-reactive ketones (excluding diaryl/α,β-unsaturated/α-hetero) is 1. The highest BCUT2D eigenvalue weighted by Crippen LogP contribution is 2.25. The van der Waals surface area contributed by atoms with Crippen molar-refractivity contribution in [2.45, 2.75) is 32.2 Å². The zero-order valence-electron chi connectivity index (χ0n) is 16.6. The van der Waals surface area contributed by atoms with Crippen LogP contribution >= 0.6 is 11.6 Å². The molecular formula is C25H20ClN3O. The number of hydrogen-bond acceptors (Lipinski definition) is 4. The standard InChI is InChI=1S/C25H20ClN3O/c1-16(19-3-2-4-21(26)10-19)9-23(30)12-22-11-20-14-29-25(24(20)15-28-22)18-7-5-17(13-27)6-8-18/h2-8,10-11,15-16H,9,12,14H2,1H3/t16-/m0/s1. The Bertz CT molecular complexity index is 1180. The van der Waals surface area contributed by atoms with Gasteiger partial charge >= 0.3 is 0 Å². The molecule has 0 unspecified atom stereocenters. The van der Waals surface area contributed by atoms with E-state index in [1.165, 1.54) is 0 Å². The molecule has 5 heteroatoms. The van der Waals surface area contributed by atoms with E-state index in [0.29, 0.717) is 30.0 Å². The molecule has 0 spiro atoms. The number of ketones is 1. The van der Waals surface area contributed by atoms with Crippen LogP contribution in [0.2, 0.25) is 5.02 Å². The third-order valence-corrected chi connectivity index (χ3v) is 5.56. The van der Waals surface area contributed by atoms with E-state index >= 15 is 0 Å². The summed E-state index contributed by atoms with van der Waals surface area (Å²) >= 11 is 6.06. The fraction of sp³-hybridized carbons (Fsp3) is 0.200. The number of carbonyl (C=O) groups is 1. The quantitative estimate of drug-likeness (QED) is 0.553. The molecule has 4 rings (SSSR count). The highest BCUT2D eigenvalue weighted by atomic mass is 35.5. The van der Waals surface area contributed by atoms with E-state index in [1.807, 2.05) is 55.6 Å². The fourth-order valence-corrected chi connectivity index (χ4v) is 3.93. The van der Waals surface area contributed by atoms with Crippen molar-refractivity contribution in [1.29, 1.82) is 5.26 Å². The van der Waals surface area contributed by atoms with E-state index < -0.39 is 0 Å². The minimum atomic E-state index is 0.108. The number of nitrogens with zero attached hydrogens (tertiary/aromatic N) is 3. The van der Waals surface area contributed by atoms with Crippen LogP contribution < -0.4 is 0 Å². The SMILES string of the molecule is C[C@@H](CC(=O)Cc1cc2c(cn1)C(c1ccc(C#N)cc1)=NC2)c1cccc(Cl)c1. The monoisotopic (exact) mass is 413 g/mol. The van der Waals surface area contributed by atoms with Crippen LogP contribution in [0.25, 0.3) is 0 Å². The first-order chi connectivity index (χ1) is 14.5. The summed E-state index contributed by atoms with van der Waals surface area (Å²) in [6, 6.07) is 19.2. The third-order valence-electron chi connectivity index (χ3n) is 5.33. The smallest absolute Gasteiger partial charge is 0.139 e. The lowest BCUT2D eigenvalue weighted by Crippen LogP contribution is -2.10. The average molecular weight is 414 g/mol. The molecule has 0 saturated carbocycles. The van der Waals surface area contributed by atoms with Crippen molar-refractivity contribution < 1.29 is 4.79 Å². The zero-order valence-corrected chi connectivity index (χ0v) is 17.4. The number of pyridine rings is 1. The van der Waals surface area contributed by atoms with Crippen molar-refractivity contribution in [3.05, 3.63) is 99.3 Å². The second kappa shape index (κ2) is 8.61. The predicted octanol–water partition coefficient (Wildman–Crippen LogP) is 5.26. The van der Waals surface area contributed by atoms with Crippen molar-refractivity contribution in [3.63, 3.8) is 0 Å². The molecule has 148 valence electrons. The van der Waals surface area contributed by atoms with Gasteiger partial charge in [-0.1, -0.05) is 42.8 Å². The number of carbonyl (C=O) groups excluding carboxylic acids is 1. The molecule has 0 saturated heterocycles. The summed E-state index contributed by atoms with van der Waals surface area (Å²) in [6.45, 7) is 2.62. The highest BCUT2D eigenvalue weighted by Gasteiger charge is 2.20. The topological polar surface area (TPSA) is 66.1 Å². The summed E-state index contributed by atoms with van der Waals surface area (Å²) in [7, 11) is 0. The van der Waals surface area contributed by atoms with Gasteiger partial charge in [-0.2, -0.15) is 5.26 Å². The molecule has 0 radical (unpaired) electrons. The van der Waals surface area contributed by atoms with Crippen LogP contribution in [0.15, 0.2) is 65.8 Å². The number of benzene rings is 2. The molecule has 1 aliphatic heterocycles. The van der Waals surface area contributed by atoms with Gasteiger partial charge in [0.25, 0.3) is 0 Å². The maximum Gasteiger partial charge on any atom is 0.139 e. The highest BCUT2D eigenvalue weighted by molar-refractivity contribution is 6.30. The van der Waals surface area contributed by atoms with Crippen LogP contribution in [-0.4, -0.2) is 16.5 Å². The van der Waals surface area contributed by atoms with Gasteiger partial charge in [0.05, 0.1) is 23.9 Å². The molecule has 2 heterocycles. The summed E-state index contributed by atoms with van der Waals surface area (Å²) in [4.78, 5) is 21.8. The summed E-state index contributed by atoms with van der Waals surface area (Å²) in [5.41, 5.74) is 6.38. The average Bonchev–Trinajstić information content (AvgIpc) is 3.17. The number of nitriles is 1. The van der Waals surface area contributed by atoms with Gasteiger partial charge in [0.15, 0.2) is 0 Å². The van der Waals surface area contributed by atoms with E-state index in [1.54, 1.807) is 12.1 Å². The molecule has 0 bridgehead atoms. The molecule has 1 aromatic heterocycles. The van der Waals surface area contributed by atoms with Crippen LogP contribution in [0.4, 0.5) is 0 Å². The Morgan fingerprint density at radius 1 is 1.20 bits per heavy atom. The second-order valence-electron chi connectivity index (χ2n) is 7.56. The third kappa shape index (κ3) is 4.32. The van der Waals surface area contributed by atoms with Crippen LogP contribution in [0.3, 0.4) is 0 Å². The predicted molar refractivity (Wildman–Crippen MR) is 118 cm³/mol. The van der Waals surface area contributed by atoms with Gasteiger partial charge in [-0.05, 0) is 47.4 Å². The van der Waals surface area contributed by atoms with Gasteiger partial charge in [0.1, 0.15) is 5.78 Å². The fourth-order valence-electron chi connectivity index (χ4n) is 3.73. The van der Waals surface area contributed by atoms with E-state index in [4.69, 9.17) is 16.9 Å². The second-order valence-corrected chi connectivity index (χ2v) is 8.00. The lowest BCUT2D eigenvalue weighted by molar-refractivity contribution is -0.118. The number of hydrogen-bond donors (Lipinski definition) is 0. The summed E-state index contributed by atoms with van der Waals surface area (Å²) in [6.07, 6.45) is 2.57. The molecule has 2 aromatic carbocycles. The first-order valence-electron chi connectivity index (χ1n) is 9.84. The van der Waals surface area contributed by atoms with Crippen molar-refractivity contribution >= 4 is 23.1 Å². The normalized spacial score (nSPS) is 13.3. The van der Waals surface area contributed by atoms with Crippen molar-refractivity contribution in [2.24, 2.45) is 4.99 Å². The minimum Gasteiger partial charge on any atom is -0.299 e. The van der Waals surface area contributed by atoms with E-state index in [9.17, 15) is 4.79 Å². The lowest BCUT2D eigenvalue weighted by Gasteiger charge is -2.12. The minimum absolute atomic E-state index is 0.108. The molecule has 0 fully saturated rings. The van der Waals surface area contributed by atoms with Gasteiger partial charge < -0.3 is 0 Å². The van der Waals surface area contributed by atoms with Gasteiger partial charge in [0, 0.05) is 40.9 Å². The van der Waals surface area contributed by atoms with E-state index in [0.717, 1.165) is 33.7 Å². The molecule has 4 nitrogen and oxygen atoms in total. The molecule has 1 atom stereocenters. The zero-order chi connectivity index (χ0) is 21.1. The van der Waals surface area contributed by atoms with Gasteiger partial charge in [0.2, 0.25) is 0 Å². The van der Waals surface area contributed by atoms with Crippen LogP contribution in [0.5, 0.6) is 0 Å². The number of fused-ring (bicyclic) bond motifs is 1. The maximum absolute atomic E-state index is 12.6. The first-order valence-corrected chi connectivity index (χ1v) is 10.2. The van der Waals surface area contributed by atoms with Gasteiger partial charge in [-0.25, -0.2) is 0 Å². The lowest BCUT2D eigenvalue weighted by atomic mass is 9.94. The van der Waals surface area contributed by atoms with Gasteiger partial charge in [-0.15, -0.1) is 0 Å². The van der Waals surface area contributed by atoms with Crippen LogP contribution in [0, 0.1) is 11.3 Å². The molecule has 0 aliphatic carbocycles. The Balaban J connectivity index is 1.44. The number of rotatable bonds is 6. The van der Waals surface area contributed by atoms with Crippen molar-refractivity contribution in [3.8, 4) is 6.07 Å². The van der Waals surface area contributed by atoms with Crippen molar-refractivity contribution in [2.75, 3.05) is 0 Å². The largest absolute Gasteiger partial charge is 0.299 e.